The Morgan fingerprint density at radius 2 is 1.79 bits per heavy atom. The van der Waals surface area contributed by atoms with E-state index in [4.69, 9.17) is 5.73 Å². The normalized spacial score (nSPS) is 25.7. The van der Waals surface area contributed by atoms with Gasteiger partial charge in [0.25, 0.3) is 0 Å². The molecule has 0 heterocycles. The molecule has 2 N–H and O–H groups in total. The van der Waals surface area contributed by atoms with Crippen LogP contribution in [-0.2, 0) is 4.79 Å². The van der Waals surface area contributed by atoms with Crippen LogP contribution in [0.1, 0.15) is 65.2 Å². The Morgan fingerprint density at radius 1 is 1.21 bits per heavy atom. The number of hydrogen-bond acceptors (Lipinski definition) is 2. The topological polar surface area (TPSA) is 46.3 Å². The fourth-order valence-electron chi connectivity index (χ4n) is 3.50. The highest BCUT2D eigenvalue weighted by Gasteiger charge is 2.46. The van der Waals surface area contributed by atoms with Crippen LogP contribution in [0.5, 0.6) is 0 Å². The van der Waals surface area contributed by atoms with Gasteiger partial charge in [0.1, 0.15) is 0 Å². The molecule has 0 aromatic heterocycles. The molecule has 2 rings (SSSR count). The Morgan fingerprint density at radius 3 is 2.26 bits per heavy atom. The lowest BCUT2D eigenvalue weighted by Gasteiger charge is -2.38. The summed E-state index contributed by atoms with van der Waals surface area (Å²) in [5.74, 6) is 0.299. The summed E-state index contributed by atoms with van der Waals surface area (Å²) < 4.78 is 0. The van der Waals surface area contributed by atoms with Crippen molar-refractivity contribution >= 4 is 5.91 Å². The SMILES string of the molecule is CC(N(C)C(=O)CC1(CN)CCCCC1)C1(C)CC1. The Balaban J connectivity index is 1.95. The van der Waals surface area contributed by atoms with Crippen molar-refractivity contribution in [3.05, 3.63) is 0 Å². The fourth-order valence-corrected chi connectivity index (χ4v) is 3.50. The van der Waals surface area contributed by atoms with Crippen molar-refractivity contribution in [2.24, 2.45) is 16.6 Å². The Labute approximate surface area is 117 Å². The van der Waals surface area contributed by atoms with Crippen LogP contribution in [0.4, 0.5) is 0 Å². The highest BCUT2D eigenvalue weighted by molar-refractivity contribution is 5.77. The van der Waals surface area contributed by atoms with Crippen LogP contribution in [0.3, 0.4) is 0 Å². The highest BCUT2D eigenvalue weighted by atomic mass is 16.2. The molecule has 2 fully saturated rings. The van der Waals surface area contributed by atoms with Crippen molar-refractivity contribution in [3.63, 3.8) is 0 Å². The van der Waals surface area contributed by atoms with Crippen LogP contribution in [0.2, 0.25) is 0 Å². The zero-order valence-electron chi connectivity index (χ0n) is 12.9. The quantitative estimate of drug-likeness (QED) is 0.831. The van der Waals surface area contributed by atoms with Crippen molar-refractivity contribution in [2.75, 3.05) is 13.6 Å². The van der Waals surface area contributed by atoms with E-state index in [0.29, 0.717) is 30.3 Å². The van der Waals surface area contributed by atoms with Gasteiger partial charge < -0.3 is 10.6 Å². The molecule has 0 spiro atoms. The van der Waals surface area contributed by atoms with E-state index < -0.39 is 0 Å². The minimum atomic E-state index is 0.0910. The molecular weight excluding hydrogens is 236 g/mol. The summed E-state index contributed by atoms with van der Waals surface area (Å²) in [5, 5.41) is 0. The third kappa shape index (κ3) is 3.13. The molecule has 1 amide bonds. The molecule has 1 atom stereocenters. The van der Waals surface area contributed by atoms with E-state index in [0.717, 1.165) is 12.8 Å². The van der Waals surface area contributed by atoms with Crippen LogP contribution in [0.15, 0.2) is 0 Å². The van der Waals surface area contributed by atoms with Crippen LogP contribution in [-0.4, -0.2) is 30.4 Å². The lowest BCUT2D eigenvalue weighted by molar-refractivity contribution is -0.135. The predicted octanol–water partition coefficient (Wildman–Crippen LogP) is 2.93. The van der Waals surface area contributed by atoms with E-state index in [-0.39, 0.29) is 5.41 Å². The molecule has 3 heteroatoms. The summed E-state index contributed by atoms with van der Waals surface area (Å²) >= 11 is 0. The molecule has 3 nitrogen and oxygen atoms in total. The van der Waals surface area contributed by atoms with Gasteiger partial charge in [0.2, 0.25) is 5.91 Å². The molecular formula is C16H30N2O. The van der Waals surface area contributed by atoms with Crippen molar-refractivity contribution < 1.29 is 4.79 Å². The highest BCUT2D eigenvalue weighted by Crippen LogP contribution is 2.50. The molecule has 0 aromatic rings. The van der Waals surface area contributed by atoms with Crippen molar-refractivity contribution in [1.29, 1.82) is 0 Å². The summed E-state index contributed by atoms with van der Waals surface area (Å²) in [6.45, 7) is 5.15. The molecule has 2 aliphatic carbocycles. The van der Waals surface area contributed by atoms with Gasteiger partial charge in [0.15, 0.2) is 0 Å². The van der Waals surface area contributed by atoms with E-state index >= 15 is 0 Å². The van der Waals surface area contributed by atoms with Gasteiger partial charge in [-0.1, -0.05) is 26.2 Å². The number of carbonyl (C=O) groups excluding carboxylic acids is 1. The van der Waals surface area contributed by atoms with Gasteiger partial charge in [-0.15, -0.1) is 0 Å². The van der Waals surface area contributed by atoms with Gasteiger partial charge in [0.05, 0.1) is 0 Å². The number of carbonyl (C=O) groups is 1. The van der Waals surface area contributed by atoms with E-state index in [1.807, 2.05) is 11.9 Å². The standard InChI is InChI=1S/C16H30N2O/c1-13(15(2)9-10-15)18(3)14(19)11-16(12-17)7-5-4-6-8-16/h13H,4-12,17H2,1-3H3. The van der Waals surface area contributed by atoms with Crippen molar-refractivity contribution in [1.82, 2.24) is 4.90 Å². The molecule has 0 aliphatic heterocycles. The Hall–Kier alpha value is -0.570. The van der Waals surface area contributed by atoms with Gasteiger partial charge in [-0.2, -0.15) is 0 Å². The number of hydrogen-bond donors (Lipinski definition) is 1. The molecule has 2 saturated carbocycles. The van der Waals surface area contributed by atoms with E-state index in [1.165, 1.54) is 32.1 Å². The lowest BCUT2D eigenvalue weighted by atomic mass is 9.71. The maximum absolute atomic E-state index is 12.6. The summed E-state index contributed by atoms with van der Waals surface area (Å²) in [6.07, 6.45) is 9.22. The second kappa shape index (κ2) is 5.43. The maximum Gasteiger partial charge on any atom is 0.223 e. The van der Waals surface area contributed by atoms with Gasteiger partial charge in [-0.05, 0) is 50.0 Å². The van der Waals surface area contributed by atoms with Gasteiger partial charge in [0, 0.05) is 19.5 Å². The van der Waals surface area contributed by atoms with E-state index in [1.54, 1.807) is 0 Å². The monoisotopic (exact) mass is 266 g/mol. The first-order chi connectivity index (χ1) is 8.92. The molecule has 19 heavy (non-hydrogen) atoms. The summed E-state index contributed by atoms with van der Waals surface area (Å²) in [4.78, 5) is 14.5. The van der Waals surface area contributed by atoms with Crippen LogP contribution >= 0.6 is 0 Å². The molecule has 2 aliphatic rings. The fraction of sp³-hybridized carbons (Fsp3) is 0.938. The minimum Gasteiger partial charge on any atom is -0.342 e. The number of amides is 1. The lowest BCUT2D eigenvalue weighted by Crippen LogP contribution is -2.44. The first-order valence-corrected chi connectivity index (χ1v) is 7.88. The van der Waals surface area contributed by atoms with Gasteiger partial charge in [-0.25, -0.2) is 0 Å². The van der Waals surface area contributed by atoms with E-state index in [9.17, 15) is 4.79 Å². The average Bonchev–Trinajstić information content (AvgIpc) is 3.17. The third-order valence-corrected chi connectivity index (χ3v) is 5.90. The molecule has 0 bridgehead atoms. The van der Waals surface area contributed by atoms with E-state index in [2.05, 4.69) is 13.8 Å². The second-order valence-electron chi connectivity index (χ2n) is 7.28. The maximum atomic E-state index is 12.6. The molecule has 0 radical (unpaired) electrons. The second-order valence-corrected chi connectivity index (χ2v) is 7.28. The third-order valence-electron chi connectivity index (χ3n) is 5.90. The predicted molar refractivity (Wildman–Crippen MR) is 78.8 cm³/mol. The molecule has 0 aromatic carbocycles. The zero-order chi connectivity index (χ0) is 14.1. The summed E-state index contributed by atoms with van der Waals surface area (Å²) in [5.41, 5.74) is 6.45. The molecule has 110 valence electrons. The summed E-state index contributed by atoms with van der Waals surface area (Å²) in [6, 6.07) is 0.360. The molecule has 0 saturated heterocycles. The zero-order valence-corrected chi connectivity index (χ0v) is 12.9. The summed E-state index contributed by atoms with van der Waals surface area (Å²) in [7, 11) is 1.98. The number of rotatable bonds is 5. The number of nitrogens with two attached hydrogens (primary N) is 1. The Kier molecular flexibility index (Phi) is 4.24. The average molecular weight is 266 g/mol. The van der Waals surface area contributed by atoms with Gasteiger partial charge in [-0.3, -0.25) is 4.79 Å². The number of nitrogens with zero attached hydrogens (tertiary/aromatic N) is 1. The van der Waals surface area contributed by atoms with Crippen molar-refractivity contribution in [2.45, 2.75) is 71.3 Å². The first kappa shape index (κ1) is 14.8. The van der Waals surface area contributed by atoms with Crippen LogP contribution in [0, 0.1) is 10.8 Å². The van der Waals surface area contributed by atoms with Crippen molar-refractivity contribution in [3.8, 4) is 0 Å². The minimum absolute atomic E-state index is 0.0910. The largest absolute Gasteiger partial charge is 0.342 e. The van der Waals surface area contributed by atoms with Gasteiger partial charge >= 0.3 is 0 Å². The molecule has 1 unspecified atom stereocenters. The Bertz CT molecular complexity index is 330. The smallest absolute Gasteiger partial charge is 0.223 e. The van der Waals surface area contributed by atoms with Crippen LogP contribution in [0.25, 0.3) is 0 Å². The first-order valence-electron chi connectivity index (χ1n) is 7.88. The van der Waals surface area contributed by atoms with Crippen LogP contribution < -0.4 is 5.73 Å².